The second-order valence-corrected chi connectivity index (χ2v) is 9.57. The maximum atomic E-state index is 13.8. The number of aryl methyl sites for hydroxylation is 2. The number of amides is 1. The summed E-state index contributed by atoms with van der Waals surface area (Å²) in [6.07, 6.45) is 0. The van der Waals surface area contributed by atoms with Gasteiger partial charge in [-0.2, -0.15) is 0 Å². The molecule has 0 unspecified atom stereocenters. The minimum atomic E-state index is -0.238. The normalized spacial score (nSPS) is 11.1. The van der Waals surface area contributed by atoms with E-state index in [0.29, 0.717) is 33.4 Å². The molecule has 5 rings (SSSR count). The number of ether oxygens (including phenoxy) is 2. The summed E-state index contributed by atoms with van der Waals surface area (Å²) in [6.45, 7) is 3.93. The average Bonchev–Trinajstić information content (AvgIpc) is 3.28. The number of carbonyl (C=O) groups is 1. The number of fused-ring (bicyclic) bond motifs is 3. The molecular formula is C28H26N4O4S. The van der Waals surface area contributed by atoms with Crippen LogP contribution in [-0.4, -0.2) is 40.4 Å². The van der Waals surface area contributed by atoms with E-state index in [-0.39, 0.29) is 17.2 Å². The first-order valence-electron chi connectivity index (χ1n) is 11.7. The number of aromatic amines is 1. The van der Waals surface area contributed by atoms with Crippen molar-refractivity contribution in [3.05, 3.63) is 82.1 Å². The number of H-pyrrole nitrogens is 1. The van der Waals surface area contributed by atoms with Crippen molar-refractivity contribution in [3.8, 4) is 17.2 Å². The Kier molecular flexibility index (Phi) is 6.62. The lowest BCUT2D eigenvalue weighted by Gasteiger charge is -2.15. The number of anilines is 1. The molecule has 0 saturated heterocycles. The van der Waals surface area contributed by atoms with Crippen LogP contribution in [0.4, 0.5) is 5.69 Å². The van der Waals surface area contributed by atoms with E-state index in [9.17, 15) is 9.59 Å². The summed E-state index contributed by atoms with van der Waals surface area (Å²) in [5.74, 6) is 0.907. The second kappa shape index (κ2) is 10.0. The fourth-order valence-electron chi connectivity index (χ4n) is 4.25. The number of hydrogen-bond donors (Lipinski definition) is 2. The van der Waals surface area contributed by atoms with Crippen LogP contribution in [-0.2, 0) is 4.79 Å². The van der Waals surface area contributed by atoms with Gasteiger partial charge in [-0.25, -0.2) is 4.98 Å². The van der Waals surface area contributed by atoms with E-state index in [1.807, 2.05) is 56.3 Å². The van der Waals surface area contributed by atoms with Gasteiger partial charge < -0.3 is 19.8 Å². The summed E-state index contributed by atoms with van der Waals surface area (Å²) >= 11 is 1.21. The highest BCUT2D eigenvalue weighted by Gasteiger charge is 2.19. The Bertz CT molecular complexity index is 1710. The first kappa shape index (κ1) is 24.5. The number of carbonyl (C=O) groups excluding carboxylic acids is 1. The molecule has 0 spiro atoms. The van der Waals surface area contributed by atoms with Gasteiger partial charge in [-0.3, -0.25) is 14.2 Å². The van der Waals surface area contributed by atoms with Gasteiger partial charge >= 0.3 is 0 Å². The van der Waals surface area contributed by atoms with Crippen molar-refractivity contribution in [2.45, 2.75) is 19.0 Å². The van der Waals surface area contributed by atoms with Crippen molar-refractivity contribution in [2.75, 3.05) is 25.3 Å². The third kappa shape index (κ3) is 4.65. The van der Waals surface area contributed by atoms with Gasteiger partial charge in [0.1, 0.15) is 11.0 Å². The third-order valence-electron chi connectivity index (χ3n) is 6.10. The zero-order valence-corrected chi connectivity index (χ0v) is 21.7. The minimum absolute atomic E-state index is 0.0551. The Hall–Kier alpha value is -4.24. The van der Waals surface area contributed by atoms with Gasteiger partial charge in [0, 0.05) is 22.7 Å². The van der Waals surface area contributed by atoms with Gasteiger partial charge in [0.05, 0.1) is 25.7 Å². The van der Waals surface area contributed by atoms with Crippen molar-refractivity contribution in [3.63, 3.8) is 0 Å². The summed E-state index contributed by atoms with van der Waals surface area (Å²) in [5.41, 5.74) is 4.91. The Morgan fingerprint density at radius 2 is 1.81 bits per heavy atom. The minimum Gasteiger partial charge on any atom is -0.493 e. The number of nitrogens with one attached hydrogen (secondary N) is 2. The fourth-order valence-corrected chi connectivity index (χ4v) is 5.05. The molecule has 37 heavy (non-hydrogen) atoms. The number of rotatable bonds is 7. The molecule has 0 radical (unpaired) electrons. The Morgan fingerprint density at radius 3 is 2.59 bits per heavy atom. The number of hydrogen-bond acceptors (Lipinski definition) is 6. The maximum absolute atomic E-state index is 13.8. The third-order valence-corrected chi connectivity index (χ3v) is 7.04. The van der Waals surface area contributed by atoms with E-state index < -0.39 is 0 Å². The number of methoxy groups -OCH3 is 2. The number of para-hydroxylation sites is 1. The van der Waals surface area contributed by atoms with Gasteiger partial charge in [-0.1, -0.05) is 42.1 Å². The van der Waals surface area contributed by atoms with Crippen LogP contribution in [0.1, 0.15) is 11.1 Å². The van der Waals surface area contributed by atoms with Crippen LogP contribution in [0.25, 0.3) is 27.6 Å². The molecule has 2 heterocycles. The first-order valence-corrected chi connectivity index (χ1v) is 12.6. The Labute approximate surface area is 217 Å². The van der Waals surface area contributed by atoms with E-state index in [1.165, 1.54) is 11.8 Å². The van der Waals surface area contributed by atoms with Crippen LogP contribution in [0.5, 0.6) is 11.5 Å². The van der Waals surface area contributed by atoms with Crippen molar-refractivity contribution >= 4 is 45.3 Å². The van der Waals surface area contributed by atoms with Gasteiger partial charge in [0.15, 0.2) is 16.7 Å². The van der Waals surface area contributed by atoms with Crippen LogP contribution in [0.2, 0.25) is 0 Å². The lowest BCUT2D eigenvalue weighted by Crippen LogP contribution is -2.23. The maximum Gasteiger partial charge on any atom is 0.283 e. The van der Waals surface area contributed by atoms with Crippen molar-refractivity contribution in [1.29, 1.82) is 0 Å². The highest BCUT2D eigenvalue weighted by molar-refractivity contribution is 7.99. The number of thioether (sulfide) groups is 1. The summed E-state index contributed by atoms with van der Waals surface area (Å²) in [5, 5.41) is 4.18. The largest absolute Gasteiger partial charge is 0.493 e. The Balaban J connectivity index is 1.53. The number of aromatic nitrogens is 3. The lowest BCUT2D eigenvalue weighted by atomic mass is 10.1. The molecule has 0 aliphatic heterocycles. The molecular weight excluding hydrogens is 488 g/mol. The van der Waals surface area contributed by atoms with Crippen LogP contribution >= 0.6 is 11.8 Å². The van der Waals surface area contributed by atoms with Crippen molar-refractivity contribution < 1.29 is 14.3 Å². The lowest BCUT2D eigenvalue weighted by molar-refractivity contribution is -0.113. The highest BCUT2D eigenvalue weighted by atomic mass is 32.2. The van der Waals surface area contributed by atoms with Gasteiger partial charge in [0.25, 0.3) is 5.56 Å². The zero-order valence-electron chi connectivity index (χ0n) is 20.9. The van der Waals surface area contributed by atoms with Crippen molar-refractivity contribution in [1.82, 2.24) is 14.5 Å². The van der Waals surface area contributed by atoms with E-state index in [4.69, 9.17) is 14.5 Å². The molecule has 0 atom stereocenters. The molecule has 0 aliphatic rings. The van der Waals surface area contributed by atoms with Gasteiger partial charge in [-0.15, -0.1) is 0 Å². The predicted octanol–water partition coefficient (Wildman–Crippen LogP) is 5.23. The topological polar surface area (TPSA) is 98.2 Å². The van der Waals surface area contributed by atoms with E-state index >= 15 is 0 Å². The highest BCUT2D eigenvalue weighted by Crippen LogP contribution is 2.31. The molecule has 1 amide bonds. The molecule has 0 saturated carbocycles. The van der Waals surface area contributed by atoms with Crippen molar-refractivity contribution in [2.24, 2.45) is 0 Å². The quantitative estimate of drug-likeness (QED) is 0.228. The second-order valence-electron chi connectivity index (χ2n) is 8.63. The molecule has 0 bridgehead atoms. The van der Waals surface area contributed by atoms with Crippen LogP contribution in [0.3, 0.4) is 0 Å². The smallest absolute Gasteiger partial charge is 0.283 e. The predicted molar refractivity (Wildman–Crippen MR) is 148 cm³/mol. The first-order chi connectivity index (χ1) is 17.9. The fraction of sp³-hybridized carbons (Fsp3) is 0.179. The summed E-state index contributed by atoms with van der Waals surface area (Å²) in [6, 6.07) is 18.8. The molecule has 2 N–H and O–H groups in total. The molecule has 0 fully saturated rings. The van der Waals surface area contributed by atoms with Crippen LogP contribution in [0.15, 0.2) is 70.6 Å². The van der Waals surface area contributed by atoms with Gasteiger partial charge in [0.2, 0.25) is 5.91 Å². The summed E-state index contributed by atoms with van der Waals surface area (Å²) in [4.78, 5) is 34.8. The summed E-state index contributed by atoms with van der Waals surface area (Å²) in [7, 11) is 3.10. The SMILES string of the molecule is COc1ccc(NC(=O)CSc2nc3c([nH]c4ccccc43)c(=O)n2-c2cc(C)ccc2C)cc1OC. The molecule has 5 aromatic rings. The molecule has 188 valence electrons. The average molecular weight is 515 g/mol. The van der Waals surface area contributed by atoms with Gasteiger partial charge in [-0.05, 0) is 49.2 Å². The molecule has 3 aromatic carbocycles. The molecule has 8 nitrogen and oxygen atoms in total. The molecule has 2 aromatic heterocycles. The standard InChI is InChI=1S/C28H26N4O4S/c1-16-9-10-17(2)21(13-16)32-27(34)26-25(19-7-5-6-8-20(19)30-26)31-28(32)37-15-24(33)29-18-11-12-22(35-3)23(14-18)36-4/h5-14,30H,15H2,1-4H3,(H,29,33). The zero-order chi connectivity index (χ0) is 26.1. The Morgan fingerprint density at radius 1 is 1.03 bits per heavy atom. The number of nitrogens with zero attached hydrogens (tertiary/aromatic N) is 2. The van der Waals surface area contributed by atoms with Crippen LogP contribution < -0.4 is 20.3 Å². The van der Waals surface area contributed by atoms with E-state index in [1.54, 1.807) is 37.0 Å². The van der Waals surface area contributed by atoms with E-state index in [0.717, 1.165) is 27.7 Å². The summed E-state index contributed by atoms with van der Waals surface area (Å²) < 4.78 is 12.2. The molecule has 9 heteroatoms. The van der Waals surface area contributed by atoms with Crippen LogP contribution in [0, 0.1) is 13.8 Å². The number of benzene rings is 3. The molecule has 0 aliphatic carbocycles. The monoisotopic (exact) mass is 514 g/mol. The van der Waals surface area contributed by atoms with E-state index in [2.05, 4.69) is 10.3 Å².